The van der Waals surface area contributed by atoms with Crippen molar-refractivity contribution in [2.24, 2.45) is 5.92 Å². The molecule has 3 heterocycles. The van der Waals surface area contributed by atoms with Gasteiger partial charge in [-0.05, 0) is 82.1 Å². The van der Waals surface area contributed by atoms with E-state index in [1.54, 1.807) is 0 Å². The number of benzene rings is 1. The van der Waals surface area contributed by atoms with Gasteiger partial charge < -0.3 is 19.9 Å². The molecule has 8 heteroatoms. The Hall–Kier alpha value is -2.61. The smallest absolute Gasteiger partial charge is 0.222 e. The summed E-state index contributed by atoms with van der Waals surface area (Å²) in [4.78, 5) is 17.6. The van der Waals surface area contributed by atoms with Crippen molar-refractivity contribution in [3.05, 3.63) is 52.0 Å². The van der Waals surface area contributed by atoms with Gasteiger partial charge in [-0.2, -0.15) is 0 Å². The molecule has 0 bridgehead atoms. The van der Waals surface area contributed by atoms with E-state index in [9.17, 15) is 4.79 Å². The number of amides is 1. The molecule has 0 saturated carbocycles. The van der Waals surface area contributed by atoms with Crippen LogP contribution in [-0.2, 0) is 9.53 Å². The van der Waals surface area contributed by atoms with Crippen LogP contribution in [0.25, 0.3) is 17.8 Å². The van der Waals surface area contributed by atoms with Gasteiger partial charge in [0.2, 0.25) is 5.91 Å². The average Bonchev–Trinajstić information content (AvgIpc) is 3.21. The molecular weight excluding hydrogens is 474 g/mol. The van der Waals surface area contributed by atoms with Gasteiger partial charge in [-0.1, -0.05) is 29.8 Å². The Morgan fingerprint density at radius 1 is 1.17 bits per heavy atom. The number of aromatic nitrogens is 2. The van der Waals surface area contributed by atoms with Crippen LogP contribution in [0, 0.1) is 5.92 Å². The quantitative estimate of drug-likeness (QED) is 0.648. The zero-order chi connectivity index (χ0) is 24.9. The Labute approximate surface area is 218 Å². The lowest BCUT2D eigenvalue weighted by atomic mass is 9.97. The maximum absolute atomic E-state index is 13.0. The van der Waals surface area contributed by atoms with Gasteiger partial charge in [0.05, 0.1) is 30.3 Å². The molecule has 36 heavy (non-hydrogen) atoms. The van der Waals surface area contributed by atoms with Gasteiger partial charge in [-0.3, -0.25) is 4.79 Å². The third kappa shape index (κ3) is 5.85. The highest BCUT2D eigenvalue weighted by molar-refractivity contribution is 6.30. The summed E-state index contributed by atoms with van der Waals surface area (Å²) in [5, 5.41) is 11.2. The number of ether oxygens (including phenoxy) is 1. The molecule has 1 N–H and O–H groups in total. The summed E-state index contributed by atoms with van der Waals surface area (Å²) >= 11 is 6.15. The first kappa shape index (κ1) is 25.1. The number of fused-ring (bicyclic) bond motifs is 1. The molecule has 3 aliphatic rings. The first-order valence-electron chi connectivity index (χ1n) is 13.1. The summed E-state index contributed by atoms with van der Waals surface area (Å²) < 4.78 is 7.83. The standard InChI is InChI=1S/C28H36ClN5O2/c1-32-14-12-21(13-15-32)19-30-27(35)18-24-20-36-17-16-33(24)28-25-6-4-2-3-5-7-26(25)34(31-28)23-10-8-22(29)9-11-23/h2,4,6-11,21,24H,3,5,12-20H2,1H3,(H,30,35)/b4-2-,25-6+,26-7-. The molecule has 0 spiro atoms. The number of hydrogen-bond donors (Lipinski definition) is 1. The summed E-state index contributed by atoms with van der Waals surface area (Å²) in [5.74, 6) is 1.56. The Bertz CT molecular complexity index is 1200. The van der Waals surface area contributed by atoms with Crippen molar-refractivity contribution in [1.29, 1.82) is 0 Å². The van der Waals surface area contributed by atoms with Crippen LogP contribution >= 0.6 is 11.6 Å². The SMILES string of the molecule is CN1CCC(CNC(=O)CC2COCCN2c2nn(-c3ccc(Cl)cc3)c3/c2=C\C=C/CC/C=3)CC1. The molecule has 192 valence electrons. The van der Waals surface area contributed by atoms with Crippen molar-refractivity contribution in [3.63, 3.8) is 0 Å². The second kappa shape index (κ2) is 11.6. The number of rotatable bonds is 6. The molecule has 1 atom stereocenters. The zero-order valence-corrected chi connectivity index (χ0v) is 21.8. The first-order chi connectivity index (χ1) is 17.6. The Kier molecular flexibility index (Phi) is 8.09. The van der Waals surface area contributed by atoms with Crippen molar-refractivity contribution < 1.29 is 9.53 Å². The highest BCUT2D eigenvalue weighted by atomic mass is 35.5. The molecule has 7 nitrogen and oxygen atoms in total. The molecular formula is C28H36ClN5O2. The van der Waals surface area contributed by atoms with E-state index in [1.807, 2.05) is 28.9 Å². The van der Waals surface area contributed by atoms with Gasteiger partial charge >= 0.3 is 0 Å². The topological polar surface area (TPSA) is 62.6 Å². The summed E-state index contributed by atoms with van der Waals surface area (Å²) in [5.41, 5.74) is 0.969. The fourth-order valence-electron chi connectivity index (χ4n) is 5.27. The van der Waals surface area contributed by atoms with Crippen LogP contribution in [0.4, 0.5) is 5.82 Å². The van der Waals surface area contributed by atoms with Gasteiger partial charge in [0, 0.05) is 29.8 Å². The molecule has 0 radical (unpaired) electrons. The molecule has 2 fully saturated rings. The van der Waals surface area contributed by atoms with Crippen molar-refractivity contribution in [1.82, 2.24) is 20.0 Å². The minimum absolute atomic E-state index is 0.0586. The molecule has 1 unspecified atom stereocenters. The maximum atomic E-state index is 13.0. The predicted octanol–water partition coefficient (Wildman–Crippen LogP) is 2.49. The van der Waals surface area contributed by atoms with Crippen molar-refractivity contribution >= 4 is 35.5 Å². The average molecular weight is 510 g/mol. The monoisotopic (exact) mass is 509 g/mol. The lowest BCUT2D eigenvalue weighted by Crippen LogP contribution is -2.50. The third-order valence-electron chi connectivity index (χ3n) is 7.43. The van der Waals surface area contributed by atoms with Crippen LogP contribution in [-0.4, -0.2) is 73.1 Å². The fourth-order valence-corrected chi connectivity index (χ4v) is 5.39. The van der Waals surface area contributed by atoms with Gasteiger partial charge in [0.25, 0.3) is 0 Å². The molecule has 2 aliphatic heterocycles. The number of piperidine rings is 1. The van der Waals surface area contributed by atoms with Gasteiger partial charge in [-0.25, -0.2) is 4.68 Å². The summed E-state index contributed by atoms with van der Waals surface area (Å²) in [6.45, 7) is 4.81. The lowest BCUT2D eigenvalue weighted by molar-refractivity contribution is -0.122. The number of carbonyl (C=O) groups is 1. The number of halogens is 1. The molecule has 2 saturated heterocycles. The summed E-state index contributed by atoms with van der Waals surface area (Å²) in [7, 11) is 2.16. The van der Waals surface area contributed by atoms with Crippen LogP contribution in [0.2, 0.25) is 5.02 Å². The second-order valence-corrected chi connectivity index (χ2v) is 10.5. The largest absolute Gasteiger partial charge is 0.377 e. The van der Waals surface area contributed by atoms with E-state index in [1.165, 1.54) is 0 Å². The highest BCUT2D eigenvalue weighted by Crippen LogP contribution is 2.19. The van der Waals surface area contributed by atoms with Crippen LogP contribution in [0.3, 0.4) is 0 Å². The number of nitrogens with zero attached hydrogens (tertiary/aromatic N) is 4. The lowest BCUT2D eigenvalue weighted by Gasteiger charge is -2.35. The predicted molar refractivity (Wildman–Crippen MR) is 145 cm³/mol. The summed E-state index contributed by atoms with van der Waals surface area (Å²) in [6, 6.07) is 7.72. The van der Waals surface area contributed by atoms with Crippen molar-refractivity contribution in [2.45, 2.75) is 38.1 Å². The number of morpholine rings is 1. The number of hydrogen-bond acceptors (Lipinski definition) is 5. The maximum Gasteiger partial charge on any atom is 0.222 e. The summed E-state index contributed by atoms with van der Waals surface area (Å²) in [6.07, 6.45) is 13.3. The Morgan fingerprint density at radius 3 is 2.78 bits per heavy atom. The van der Waals surface area contributed by atoms with Gasteiger partial charge in [0.1, 0.15) is 0 Å². The van der Waals surface area contributed by atoms with E-state index in [4.69, 9.17) is 21.4 Å². The zero-order valence-electron chi connectivity index (χ0n) is 21.0. The van der Waals surface area contributed by atoms with Crippen molar-refractivity contribution in [3.8, 4) is 5.69 Å². The van der Waals surface area contributed by atoms with E-state index in [0.717, 1.165) is 67.4 Å². The molecule has 1 aliphatic carbocycles. The first-order valence-corrected chi connectivity index (χ1v) is 13.5. The molecule has 1 aromatic heterocycles. The second-order valence-electron chi connectivity index (χ2n) is 10.1. The van der Waals surface area contributed by atoms with Crippen LogP contribution in [0.5, 0.6) is 0 Å². The van der Waals surface area contributed by atoms with E-state index in [-0.39, 0.29) is 11.9 Å². The number of carbonyl (C=O) groups excluding carboxylic acids is 1. The molecule has 2 aromatic rings. The third-order valence-corrected chi connectivity index (χ3v) is 7.68. The van der Waals surface area contributed by atoms with Gasteiger partial charge in [-0.15, -0.1) is 5.10 Å². The highest BCUT2D eigenvalue weighted by Gasteiger charge is 2.29. The van der Waals surface area contributed by atoms with E-state index in [2.05, 4.69) is 46.5 Å². The minimum atomic E-state index is -0.0586. The Morgan fingerprint density at radius 2 is 1.97 bits per heavy atom. The Balaban J connectivity index is 1.39. The van der Waals surface area contributed by atoms with Crippen molar-refractivity contribution in [2.75, 3.05) is 51.3 Å². The van der Waals surface area contributed by atoms with E-state index >= 15 is 0 Å². The molecule has 1 amide bonds. The van der Waals surface area contributed by atoms with Crippen LogP contribution in [0.1, 0.15) is 32.1 Å². The number of anilines is 1. The number of nitrogens with one attached hydrogen (secondary N) is 1. The van der Waals surface area contributed by atoms with Crippen LogP contribution in [0.15, 0.2) is 36.4 Å². The molecule has 5 rings (SSSR count). The van der Waals surface area contributed by atoms with E-state index < -0.39 is 0 Å². The number of allylic oxidation sites excluding steroid dienone is 2. The molecule has 1 aromatic carbocycles. The number of likely N-dealkylation sites (tertiary alicyclic amines) is 1. The van der Waals surface area contributed by atoms with Crippen LogP contribution < -0.4 is 20.8 Å². The van der Waals surface area contributed by atoms with E-state index in [0.29, 0.717) is 37.1 Å². The fraction of sp³-hybridized carbons (Fsp3) is 0.500. The van der Waals surface area contributed by atoms with Gasteiger partial charge in [0.15, 0.2) is 5.82 Å². The minimum Gasteiger partial charge on any atom is -0.377 e. The normalized spacial score (nSPS) is 23.9.